The number of rotatable bonds is 13. The van der Waals surface area contributed by atoms with Crippen molar-refractivity contribution in [2.45, 2.75) is 43.7 Å². The predicted molar refractivity (Wildman–Crippen MR) is 154 cm³/mol. The summed E-state index contributed by atoms with van der Waals surface area (Å²) in [5.74, 6) is 0.328. The minimum absolute atomic E-state index is 0.162. The molecule has 3 aromatic rings. The summed E-state index contributed by atoms with van der Waals surface area (Å²) in [6.07, 6.45) is 4.37. The van der Waals surface area contributed by atoms with Gasteiger partial charge in [0.05, 0.1) is 31.5 Å². The molecular formula is C30H38N4O5S. The van der Waals surface area contributed by atoms with E-state index in [1.165, 1.54) is 4.31 Å². The van der Waals surface area contributed by atoms with Gasteiger partial charge in [0.15, 0.2) is 0 Å². The summed E-state index contributed by atoms with van der Waals surface area (Å²) >= 11 is 0. The van der Waals surface area contributed by atoms with E-state index in [9.17, 15) is 13.2 Å². The Morgan fingerprint density at radius 3 is 2.38 bits per heavy atom. The Hall–Kier alpha value is -3.31. The molecule has 9 nitrogen and oxygen atoms in total. The maximum atomic E-state index is 13.4. The molecule has 0 aliphatic heterocycles. The van der Waals surface area contributed by atoms with Crippen molar-refractivity contribution in [1.29, 1.82) is 0 Å². The number of carbonyl (C=O) groups is 1. The Morgan fingerprint density at radius 2 is 1.70 bits per heavy atom. The van der Waals surface area contributed by atoms with Crippen molar-refractivity contribution in [2.75, 3.05) is 33.9 Å². The second kappa shape index (κ2) is 13.8. The van der Waals surface area contributed by atoms with E-state index in [-0.39, 0.29) is 37.1 Å². The fourth-order valence-electron chi connectivity index (χ4n) is 5.26. The van der Waals surface area contributed by atoms with Crippen molar-refractivity contribution < 1.29 is 22.7 Å². The van der Waals surface area contributed by atoms with Gasteiger partial charge in [0.25, 0.3) is 16.1 Å². The standard InChI is InChI=1S/C30H38N4O5S/c1-38-21-20-34(22-26-12-8-9-19-31-26)40(36,37)33-25-15-17-30(18-16-25,24-10-4-3-5-11-24)23-32-29(35)27-13-6-7-14-28(27)39-2/h3-14,19,25,33H,15-18,20-23H2,1-2H3,(H,32,35)/t25-,30-. The zero-order valence-corrected chi connectivity index (χ0v) is 23.9. The van der Waals surface area contributed by atoms with E-state index in [1.807, 2.05) is 42.5 Å². The summed E-state index contributed by atoms with van der Waals surface area (Å²) in [6, 6.07) is 22.5. The van der Waals surface area contributed by atoms with Crippen molar-refractivity contribution in [3.05, 3.63) is 95.8 Å². The van der Waals surface area contributed by atoms with Gasteiger partial charge in [0.2, 0.25) is 0 Å². The van der Waals surface area contributed by atoms with Gasteiger partial charge < -0.3 is 14.8 Å². The van der Waals surface area contributed by atoms with Gasteiger partial charge in [0.1, 0.15) is 5.75 Å². The van der Waals surface area contributed by atoms with Crippen LogP contribution in [0.25, 0.3) is 0 Å². The first kappa shape index (κ1) is 29.7. The molecule has 1 fully saturated rings. The lowest BCUT2D eigenvalue weighted by atomic mass is 9.68. The summed E-state index contributed by atoms with van der Waals surface area (Å²) in [6.45, 7) is 1.10. The van der Waals surface area contributed by atoms with Crippen molar-refractivity contribution in [3.8, 4) is 5.75 Å². The molecule has 4 rings (SSSR count). The summed E-state index contributed by atoms with van der Waals surface area (Å²) in [4.78, 5) is 17.4. The Morgan fingerprint density at radius 1 is 1.00 bits per heavy atom. The maximum absolute atomic E-state index is 13.4. The molecule has 0 spiro atoms. The van der Waals surface area contributed by atoms with E-state index < -0.39 is 10.2 Å². The molecule has 0 unspecified atom stereocenters. The summed E-state index contributed by atoms with van der Waals surface area (Å²) < 4.78 is 41.7. The van der Waals surface area contributed by atoms with Crippen LogP contribution in [0.15, 0.2) is 79.0 Å². The van der Waals surface area contributed by atoms with Gasteiger partial charge in [0, 0.05) is 37.9 Å². The molecule has 0 atom stereocenters. The molecule has 0 radical (unpaired) electrons. The molecule has 214 valence electrons. The first-order valence-corrected chi connectivity index (χ1v) is 14.9. The largest absolute Gasteiger partial charge is 0.496 e. The first-order chi connectivity index (χ1) is 19.4. The number of carbonyl (C=O) groups excluding carboxylic acids is 1. The average Bonchev–Trinajstić information content (AvgIpc) is 2.99. The Bertz CT molecular complexity index is 1330. The van der Waals surface area contributed by atoms with Crippen LogP contribution in [0.5, 0.6) is 5.75 Å². The second-order valence-corrected chi connectivity index (χ2v) is 11.8. The highest BCUT2D eigenvalue weighted by atomic mass is 32.2. The van der Waals surface area contributed by atoms with Crippen LogP contribution >= 0.6 is 0 Å². The number of para-hydroxylation sites is 1. The summed E-state index contributed by atoms with van der Waals surface area (Å²) in [5.41, 5.74) is 1.97. The van der Waals surface area contributed by atoms with Crippen LogP contribution in [0.1, 0.15) is 47.3 Å². The number of methoxy groups -OCH3 is 2. The quantitative estimate of drug-likeness (QED) is 0.327. The highest BCUT2D eigenvalue weighted by Crippen LogP contribution is 2.39. The third kappa shape index (κ3) is 7.45. The Balaban J connectivity index is 1.45. The lowest BCUT2D eigenvalue weighted by Crippen LogP contribution is -2.50. The maximum Gasteiger partial charge on any atom is 0.280 e. The second-order valence-electron chi connectivity index (χ2n) is 10.1. The molecule has 1 amide bonds. The summed E-state index contributed by atoms with van der Waals surface area (Å²) in [5, 5.41) is 3.13. The predicted octanol–water partition coefficient (Wildman–Crippen LogP) is 3.68. The number of pyridine rings is 1. The number of hydrogen-bond donors (Lipinski definition) is 2. The SMILES string of the molecule is COCCN(Cc1ccccn1)S(=O)(=O)N[C@H]1CC[C@](CNC(=O)c2ccccc2OC)(c2ccccc2)CC1. The van der Waals surface area contributed by atoms with Crippen LogP contribution in [0.2, 0.25) is 0 Å². The third-order valence-electron chi connectivity index (χ3n) is 7.53. The highest BCUT2D eigenvalue weighted by molar-refractivity contribution is 7.87. The number of nitrogens with zero attached hydrogens (tertiary/aromatic N) is 2. The smallest absolute Gasteiger partial charge is 0.280 e. The van der Waals surface area contributed by atoms with Gasteiger partial charge in [-0.1, -0.05) is 48.5 Å². The van der Waals surface area contributed by atoms with E-state index in [1.54, 1.807) is 38.6 Å². The van der Waals surface area contributed by atoms with Crippen molar-refractivity contribution >= 4 is 16.1 Å². The number of hydrogen-bond acceptors (Lipinski definition) is 6. The molecule has 1 aliphatic rings. The molecule has 10 heteroatoms. The molecule has 2 aromatic carbocycles. The number of ether oxygens (including phenoxy) is 2. The van der Waals surface area contributed by atoms with E-state index in [4.69, 9.17) is 9.47 Å². The van der Waals surface area contributed by atoms with Crippen LogP contribution in [0.3, 0.4) is 0 Å². The van der Waals surface area contributed by atoms with Gasteiger partial charge in [-0.3, -0.25) is 9.78 Å². The molecular weight excluding hydrogens is 528 g/mol. The molecule has 1 heterocycles. The van der Waals surface area contributed by atoms with Gasteiger partial charge in [-0.05, 0) is 55.5 Å². The minimum atomic E-state index is -3.78. The van der Waals surface area contributed by atoms with Crippen LogP contribution < -0.4 is 14.8 Å². The van der Waals surface area contributed by atoms with Gasteiger partial charge in [-0.25, -0.2) is 0 Å². The van der Waals surface area contributed by atoms with E-state index in [0.717, 1.165) is 5.56 Å². The van der Waals surface area contributed by atoms with E-state index in [2.05, 4.69) is 27.2 Å². The zero-order valence-electron chi connectivity index (χ0n) is 23.1. The average molecular weight is 567 g/mol. The molecule has 0 bridgehead atoms. The molecule has 2 N–H and O–H groups in total. The van der Waals surface area contributed by atoms with Gasteiger partial charge >= 0.3 is 0 Å². The van der Waals surface area contributed by atoms with Crippen LogP contribution in [0, 0.1) is 0 Å². The lowest BCUT2D eigenvalue weighted by molar-refractivity contribution is 0.0932. The molecule has 0 saturated heterocycles. The van der Waals surface area contributed by atoms with Crippen LogP contribution in [-0.2, 0) is 26.9 Å². The monoisotopic (exact) mass is 566 g/mol. The van der Waals surface area contributed by atoms with E-state index in [0.29, 0.717) is 49.2 Å². The minimum Gasteiger partial charge on any atom is -0.496 e. The van der Waals surface area contributed by atoms with E-state index >= 15 is 0 Å². The zero-order chi connectivity index (χ0) is 28.4. The fourth-order valence-corrected chi connectivity index (χ4v) is 6.68. The number of benzene rings is 2. The van der Waals surface area contributed by atoms with Crippen molar-refractivity contribution in [1.82, 2.24) is 19.3 Å². The molecule has 40 heavy (non-hydrogen) atoms. The van der Waals surface area contributed by atoms with Crippen LogP contribution in [-0.4, -0.2) is 63.6 Å². The third-order valence-corrected chi connectivity index (χ3v) is 9.16. The summed E-state index contributed by atoms with van der Waals surface area (Å²) in [7, 11) is -0.684. The topological polar surface area (TPSA) is 110 Å². The van der Waals surface area contributed by atoms with Gasteiger partial charge in [-0.2, -0.15) is 17.4 Å². The molecule has 1 saturated carbocycles. The van der Waals surface area contributed by atoms with Crippen molar-refractivity contribution in [3.63, 3.8) is 0 Å². The number of nitrogens with one attached hydrogen (secondary N) is 2. The molecule has 1 aromatic heterocycles. The Labute approximate surface area is 237 Å². The van der Waals surface area contributed by atoms with Gasteiger partial charge in [-0.15, -0.1) is 0 Å². The normalized spacial score (nSPS) is 19.3. The Kier molecular flexibility index (Phi) is 10.3. The highest BCUT2D eigenvalue weighted by Gasteiger charge is 2.39. The first-order valence-electron chi connectivity index (χ1n) is 13.5. The van der Waals surface area contributed by atoms with Crippen molar-refractivity contribution in [2.24, 2.45) is 0 Å². The molecule has 1 aliphatic carbocycles. The number of aromatic nitrogens is 1. The van der Waals surface area contributed by atoms with Crippen LogP contribution in [0.4, 0.5) is 0 Å². The number of amides is 1. The lowest BCUT2D eigenvalue weighted by Gasteiger charge is -2.41. The fraction of sp³-hybridized carbons (Fsp3) is 0.400.